The molecule has 1 aliphatic rings. The van der Waals surface area contributed by atoms with Gasteiger partial charge in [0.05, 0.1) is 17.8 Å². The average molecular weight is 415 g/mol. The first-order valence-electron chi connectivity index (χ1n) is 8.20. The van der Waals surface area contributed by atoms with Crippen molar-refractivity contribution in [3.8, 4) is 5.75 Å². The molecule has 0 bridgehead atoms. The highest BCUT2D eigenvalue weighted by Crippen LogP contribution is 2.37. The lowest BCUT2D eigenvalue weighted by Crippen LogP contribution is -2.43. The molecule has 1 aliphatic heterocycles. The number of aromatic nitrogens is 1. The Balaban J connectivity index is 1.75. The number of amides is 2. The van der Waals surface area contributed by atoms with Gasteiger partial charge in [-0.15, -0.1) is 11.3 Å². The molecule has 2 amide bonds. The lowest BCUT2D eigenvalue weighted by Gasteiger charge is -2.21. The topological polar surface area (TPSA) is 91.8 Å². The second kappa shape index (κ2) is 7.66. The van der Waals surface area contributed by atoms with Crippen molar-refractivity contribution in [1.29, 1.82) is 0 Å². The Kier molecular flexibility index (Phi) is 5.45. The molecule has 150 valence electrons. The van der Waals surface area contributed by atoms with Crippen LogP contribution < -0.4 is 10.1 Å². The SMILES string of the molecule is Cc1csc(NC(=O)N2C[C@@H](Oc3ccccc3C(F)(F)F)CC2C(=O)O)n1. The Morgan fingerprint density at radius 2 is 2.07 bits per heavy atom. The van der Waals surface area contributed by atoms with E-state index in [0.717, 1.165) is 11.0 Å². The summed E-state index contributed by atoms with van der Waals surface area (Å²) in [7, 11) is 0. The van der Waals surface area contributed by atoms with Crippen molar-refractivity contribution in [2.24, 2.45) is 0 Å². The minimum Gasteiger partial charge on any atom is -0.488 e. The molecule has 1 fully saturated rings. The van der Waals surface area contributed by atoms with Crippen LogP contribution in [-0.4, -0.2) is 45.7 Å². The number of carbonyl (C=O) groups is 2. The highest BCUT2D eigenvalue weighted by molar-refractivity contribution is 7.13. The largest absolute Gasteiger partial charge is 0.488 e. The number of nitrogens with one attached hydrogen (secondary N) is 1. The van der Waals surface area contributed by atoms with Gasteiger partial charge in [0.15, 0.2) is 5.13 Å². The Bertz CT molecular complexity index is 887. The molecule has 0 saturated carbocycles. The van der Waals surface area contributed by atoms with Crippen molar-refractivity contribution in [1.82, 2.24) is 9.88 Å². The molecular formula is C17H16F3N3O4S. The number of carbonyl (C=O) groups excluding carboxylic acids is 1. The van der Waals surface area contributed by atoms with Crippen molar-refractivity contribution in [2.45, 2.75) is 31.7 Å². The minimum absolute atomic E-state index is 0.133. The van der Waals surface area contributed by atoms with E-state index in [2.05, 4.69) is 10.3 Å². The molecule has 0 spiro atoms. The molecule has 1 saturated heterocycles. The maximum atomic E-state index is 13.1. The summed E-state index contributed by atoms with van der Waals surface area (Å²) in [4.78, 5) is 29.1. The van der Waals surface area contributed by atoms with E-state index < -0.39 is 41.6 Å². The number of urea groups is 1. The second-order valence-corrected chi connectivity index (χ2v) is 7.06. The Morgan fingerprint density at radius 1 is 1.36 bits per heavy atom. The van der Waals surface area contributed by atoms with Crippen LogP contribution in [0.25, 0.3) is 0 Å². The van der Waals surface area contributed by atoms with Crippen LogP contribution in [0.3, 0.4) is 0 Å². The van der Waals surface area contributed by atoms with Crippen LogP contribution >= 0.6 is 11.3 Å². The minimum atomic E-state index is -4.61. The van der Waals surface area contributed by atoms with Crippen molar-refractivity contribution in [2.75, 3.05) is 11.9 Å². The van der Waals surface area contributed by atoms with Gasteiger partial charge in [-0.05, 0) is 19.1 Å². The van der Waals surface area contributed by atoms with Gasteiger partial charge in [-0.3, -0.25) is 5.32 Å². The van der Waals surface area contributed by atoms with Crippen LogP contribution in [0.15, 0.2) is 29.6 Å². The average Bonchev–Trinajstić information content (AvgIpc) is 3.21. The summed E-state index contributed by atoms with van der Waals surface area (Å²) in [5.74, 6) is -1.66. The monoisotopic (exact) mass is 415 g/mol. The summed E-state index contributed by atoms with van der Waals surface area (Å²) >= 11 is 1.18. The number of aliphatic carboxylic acids is 1. The highest BCUT2D eigenvalue weighted by atomic mass is 32.1. The lowest BCUT2D eigenvalue weighted by molar-refractivity contribution is -0.141. The van der Waals surface area contributed by atoms with E-state index >= 15 is 0 Å². The maximum absolute atomic E-state index is 13.1. The summed E-state index contributed by atoms with van der Waals surface area (Å²) in [6.07, 6.45) is -5.64. The van der Waals surface area contributed by atoms with Crippen LogP contribution in [0.5, 0.6) is 5.75 Å². The van der Waals surface area contributed by atoms with Crippen molar-refractivity contribution < 1.29 is 32.6 Å². The standard InChI is InChI=1S/C17H16F3N3O4S/c1-9-8-28-15(21-9)22-16(26)23-7-10(6-12(23)14(24)25)27-13-5-3-2-4-11(13)17(18,19)20/h2-5,8,10,12H,6-7H2,1H3,(H,24,25)(H,21,22,26)/t10-,12?/m0/s1. The third kappa shape index (κ3) is 4.35. The van der Waals surface area contributed by atoms with E-state index in [-0.39, 0.29) is 13.0 Å². The molecule has 28 heavy (non-hydrogen) atoms. The van der Waals surface area contributed by atoms with E-state index in [9.17, 15) is 27.9 Å². The zero-order chi connectivity index (χ0) is 20.5. The first-order valence-corrected chi connectivity index (χ1v) is 9.08. The predicted octanol–water partition coefficient (Wildman–Crippen LogP) is 3.61. The van der Waals surface area contributed by atoms with Crippen molar-refractivity contribution in [3.63, 3.8) is 0 Å². The summed E-state index contributed by atoms with van der Waals surface area (Å²) in [5, 5.41) is 13.9. The van der Waals surface area contributed by atoms with Gasteiger partial charge in [0, 0.05) is 11.8 Å². The molecular weight excluding hydrogens is 399 g/mol. The first-order chi connectivity index (χ1) is 13.1. The number of carboxylic acid groups (broad SMARTS) is 1. The number of carboxylic acids is 1. The van der Waals surface area contributed by atoms with Gasteiger partial charge < -0.3 is 14.7 Å². The number of anilines is 1. The fraction of sp³-hybridized carbons (Fsp3) is 0.353. The molecule has 11 heteroatoms. The molecule has 1 unspecified atom stereocenters. The van der Waals surface area contributed by atoms with Gasteiger partial charge >= 0.3 is 18.2 Å². The zero-order valence-corrected chi connectivity index (χ0v) is 15.4. The van der Waals surface area contributed by atoms with Gasteiger partial charge in [-0.2, -0.15) is 13.2 Å². The molecule has 1 aromatic carbocycles. The fourth-order valence-electron chi connectivity index (χ4n) is 2.90. The highest BCUT2D eigenvalue weighted by Gasteiger charge is 2.42. The number of hydrogen-bond acceptors (Lipinski definition) is 5. The Labute approximate surface area is 161 Å². The molecule has 2 heterocycles. The van der Waals surface area contributed by atoms with Crippen LogP contribution in [0.4, 0.5) is 23.1 Å². The smallest absolute Gasteiger partial charge is 0.419 e. The van der Waals surface area contributed by atoms with Crippen LogP contribution in [0.2, 0.25) is 0 Å². The number of likely N-dealkylation sites (tertiary alicyclic amines) is 1. The lowest BCUT2D eigenvalue weighted by atomic mass is 10.1. The van der Waals surface area contributed by atoms with Gasteiger partial charge in [-0.25, -0.2) is 14.6 Å². The van der Waals surface area contributed by atoms with Gasteiger partial charge in [0.25, 0.3) is 0 Å². The number of alkyl halides is 3. The number of benzene rings is 1. The summed E-state index contributed by atoms with van der Waals surface area (Å²) in [6, 6.07) is 2.76. The van der Waals surface area contributed by atoms with Crippen LogP contribution in [-0.2, 0) is 11.0 Å². The van der Waals surface area contributed by atoms with E-state index in [1.54, 1.807) is 12.3 Å². The number of hydrogen-bond donors (Lipinski definition) is 2. The van der Waals surface area contributed by atoms with Gasteiger partial charge in [0.1, 0.15) is 17.9 Å². The molecule has 2 aromatic rings. The second-order valence-electron chi connectivity index (χ2n) is 6.20. The third-order valence-electron chi connectivity index (χ3n) is 4.13. The van der Waals surface area contributed by atoms with E-state index in [0.29, 0.717) is 10.8 Å². The molecule has 1 aromatic heterocycles. The fourth-order valence-corrected chi connectivity index (χ4v) is 3.58. The van der Waals surface area contributed by atoms with E-state index in [4.69, 9.17) is 4.74 Å². The molecule has 0 aliphatic carbocycles. The van der Waals surface area contributed by atoms with Crippen molar-refractivity contribution in [3.05, 3.63) is 40.9 Å². The summed E-state index contributed by atoms with van der Waals surface area (Å²) in [5.41, 5.74) is -0.260. The predicted molar refractivity (Wildman–Crippen MR) is 94.5 cm³/mol. The van der Waals surface area contributed by atoms with Crippen molar-refractivity contribution >= 4 is 28.5 Å². The Morgan fingerprint density at radius 3 is 2.68 bits per heavy atom. The summed E-state index contributed by atoms with van der Waals surface area (Å²) in [6.45, 7) is 1.57. The first kappa shape index (κ1) is 19.9. The number of nitrogens with zero attached hydrogens (tertiary/aromatic N) is 2. The van der Waals surface area contributed by atoms with E-state index in [1.165, 1.54) is 29.5 Å². The quantitative estimate of drug-likeness (QED) is 0.796. The van der Waals surface area contributed by atoms with E-state index in [1.807, 2.05) is 0 Å². The molecule has 2 N–H and O–H groups in total. The van der Waals surface area contributed by atoms with Gasteiger partial charge in [0.2, 0.25) is 0 Å². The van der Waals surface area contributed by atoms with Crippen LogP contribution in [0.1, 0.15) is 17.7 Å². The molecule has 7 nitrogen and oxygen atoms in total. The third-order valence-corrected chi connectivity index (χ3v) is 5.00. The number of ether oxygens (including phenoxy) is 1. The number of aryl methyl sites for hydroxylation is 1. The number of thiazole rings is 1. The van der Waals surface area contributed by atoms with Gasteiger partial charge in [-0.1, -0.05) is 12.1 Å². The molecule has 2 atom stereocenters. The molecule has 0 radical (unpaired) electrons. The number of para-hydroxylation sites is 1. The summed E-state index contributed by atoms with van der Waals surface area (Å²) < 4.78 is 44.8. The van der Waals surface area contributed by atoms with Crippen LogP contribution in [0, 0.1) is 6.92 Å². The zero-order valence-electron chi connectivity index (χ0n) is 14.6. The number of halogens is 3. The molecule has 3 rings (SSSR count). The Hall–Kier alpha value is -2.82. The number of rotatable bonds is 4. The normalized spacial score (nSPS) is 19.5. The maximum Gasteiger partial charge on any atom is 0.419 e.